The number of nitrogens with one attached hydrogen (secondary N) is 1. The van der Waals surface area contributed by atoms with Crippen molar-refractivity contribution in [1.82, 2.24) is 5.32 Å². The molecule has 1 aliphatic rings. The van der Waals surface area contributed by atoms with Crippen LogP contribution in [0, 0.1) is 17.2 Å². The van der Waals surface area contributed by atoms with Gasteiger partial charge in [-0.1, -0.05) is 0 Å². The number of carbonyl (C=O) groups is 1. The fourth-order valence-electron chi connectivity index (χ4n) is 2.05. The molecule has 1 fully saturated rings. The monoisotopic (exact) mass is 224 g/mol. The largest absolute Gasteiger partial charge is 0.382 e. The first-order valence-electron chi connectivity index (χ1n) is 6.04. The molecule has 0 aromatic heterocycles. The van der Waals surface area contributed by atoms with E-state index in [-0.39, 0.29) is 17.9 Å². The fourth-order valence-corrected chi connectivity index (χ4v) is 2.05. The van der Waals surface area contributed by atoms with Crippen molar-refractivity contribution < 1.29 is 9.53 Å². The average molecular weight is 224 g/mol. The van der Waals surface area contributed by atoms with Gasteiger partial charge in [-0.25, -0.2) is 0 Å². The van der Waals surface area contributed by atoms with Crippen molar-refractivity contribution in [2.45, 2.75) is 45.1 Å². The lowest BCUT2D eigenvalue weighted by atomic mass is 10.1. The van der Waals surface area contributed by atoms with Gasteiger partial charge in [-0.15, -0.1) is 0 Å². The molecule has 1 N–H and O–H groups in total. The van der Waals surface area contributed by atoms with Crippen molar-refractivity contribution in [2.75, 3.05) is 13.2 Å². The topological polar surface area (TPSA) is 62.1 Å². The molecule has 4 heteroatoms. The van der Waals surface area contributed by atoms with Crippen LogP contribution in [0.1, 0.15) is 39.0 Å². The van der Waals surface area contributed by atoms with E-state index in [1.165, 1.54) is 0 Å². The molecular weight excluding hydrogens is 204 g/mol. The van der Waals surface area contributed by atoms with E-state index in [1.54, 1.807) is 0 Å². The lowest BCUT2D eigenvalue weighted by Gasteiger charge is -2.15. The number of nitrogens with zero attached hydrogens (tertiary/aromatic N) is 1. The molecule has 1 aliphatic carbocycles. The van der Waals surface area contributed by atoms with Crippen LogP contribution in [0.15, 0.2) is 0 Å². The van der Waals surface area contributed by atoms with Crippen LogP contribution in [0.3, 0.4) is 0 Å². The molecule has 1 rings (SSSR count). The van der Waals surface area contributed by atoms with Gasteiger partial charge in [0, 0.05) is 25.7 Å². The summed E-state index contributed by atoms with van der Waals surface area (Å²) in [5.74, 6) is 0.0581. The van der Waals surface area contributed by atoms with Crippen LogP contribution in [0.2, 0.25) is 0 Å². The van der Waals surface area contributed by atoms with Crippen molar-refractivity contribution in [2.24, 2.45) is 5.92 Å². The summed E-state index contributed by atoms with van der Waals surface area (Å²) in [6.45, 7) is 3.27. The van der Waals surface area contributed by atoms with Crippen molar-refractivity contribution >= 4 is 5.91 Å². The van der Waals surface area contributed by atoms with E-state index >= 15 is 0 Å². The van der Waals surface area contributed by atoms with Crippen LogP contribution < -0.4 is 5.32 Å². The third kappa shape index (κ3) is 4.19. The van der Waals surface area contributed by atoms with Gasteiger partial charge in [0.2, 0.25) is 5.91 Å². The summed E-state index contributed by atoms with van der Waals surface area (Å²) in [5, 5.41) is 11.8. The molecule has 0 aliphatic heterocycles. The molecule has 0 saturated heterocycles. The van der Waals surface area contributed by atoms with Crippen LogP contribution in [0.25, 0.3) is 0 Å². The van der Waals surface area contributed by atoms with Crippen LogP contribution in [-0.4, -0.2) is 25.2 Å². The van der Waals surface area contributed by atoms with E-state index in [0.29, 0.717) is 19.6 Å². The third-order valence-corrected chi connectivity index (χ3v) is 2.92. The number of nitriles is 1. The Kier molecular flexibility index (Phi) is 5.87. The van der Waals surface area contributed by atoms with Gasteiger partial charge in [0.25, 0.3) is 0 Å². The number of carbonyl (C=O) groups excluding carboxylic acids is 1. The van der Waals surface area contributed by atoms with Gasteiger partial charge in [0.1, 0.15) is 0 Å². The predicted octanol–water partition coefficient (Wildman–Crippen LogP) is 1.61. The van der Waals surface area contributed by atoms with Crippen molar-refractivity contribution in [3.63, 3.8) is 0 Å². The Morgan fingerprint density at radius 3 is 3.06 bits per heavy atom. The number of hydrogen-bond donors (Lipinski definition) is 1. The Morgan fingerprint density at radius 1 is 1.56 bits per heavy atom. The van der Waals surface area contributed by atoms with Crippen LogP contribution in [0.4, 0.5) is 0 Å². The summed E-state index contributed by atoms with van der Waals surface area (Å²) in [6, 6.07) is 2.33. The zero-order valence-corrected chi connectivity index (χ0v) is 9.87. The number of ether oxygens (including phenoxy) is 1. The molecule has 1 saturated carbocycles. The lowest BCUT2D eigenvalue weighted by molar-refractivity contribution is -0.122. The lowest BCUT2D eigenvalue weighted by Crippen LogP contribution is -2.36. The zero-order chi connectivity index (χ0) is 11.8. The van der Waals surface area contributed by atoms with Crippen LogP contribution >= 0.6 is 0 Å². The maximum absolute atomic E-state index is 11.5. The van der Waals surface area contributed by atoms with Gasteiger partial charge < -0.3 is 10.1 Å². The van der Waals surface area contributed by atoms with E-state index in [1.807, 2.05) is 6.92 Å². The highest BCUT2D eigenvalue weighted by atomic mass is 16.5. The normalized spacial score (nSPS) is 24.0. The maximum Gasteiger partial charge on any atom is 0.220 e. The van der Waals surface area contributed by atoms with E-state index in [4.69, 9.17) is 10.00 Å². The summed E-state index contributed by atoms with van der Waals surface area (Å²) >= 11 is 0. The van der Waals surface area contributed by atoms with E-state index < -0.39 is 0 Å². The van der Waals surface area contributed by atoms with Gasteiger partial charge >= 0.3 is 0 Å². The second-order valence-corrected chi connectivity index (χ2v) is 4.14. The Morgan fingerprint density at radius 2 is 2.38 bits per heavy atom. The Bertz CT molecular complexity index is 260. The molecule has 16 heavy (non-hydrogen) atoms. The molecular formula is C12H20N2O2. The highest BCUT2D eigenvalue weighted by Gasteiger charge is 2.27. The first-order valence-corrected chi connectivity index (χ1v) is 6.04. The van der Waals surface area contributed by atoms with Gasteiger partial charge in [-0.3, -0.25) is 4.79 Å². The number of hydrogen-bond acceptors (Lipinski definition) is 3. The predicted molar refractivity (Wildman–Crippen MR) is 60.6 cm³/mol. The summed E-state index contributed by atoms with van der Waals surface area (Å²) in [7, 11) is 0. The van der Waals surface area contributed by atoms with Crippen molar-refractivity contribution in [3.8, 4) is 6.07 Å². The molecule has 4 nitrogen and oxygen atoms in total. The molecule has 90 valence electrons. The van der Waals surface area contributed by atoms with Gasteiger partial charge in [-0.05, 0) is 32.6 Å². The minimum absolute atomic E-state index is 0.0100. The highest BCUT2D eigenvalue weighted by molar-refractivity contribution is 5.76. The summed E-state index contributed by atoms with van der Waals surface area (Å²) in [4.78, 5) is 11.5. The zero-order valence-electron chi connectivity index (χ0n) is 9.87. The Labute approximate surface area is 97.0 Å². The van der Waals surface area contributed by atoms with Crippen LogP contribution in [-0.2, 0) is 9.53 Å². The third-order valence-electron chi connectivity index (χ3n) is 2.92. The van der Waals surface area contributed by atoms with Gasteiger partial charge in [0.05, 0.1) is 12.0 Å². The molecule has 1 amide bonds. The number of rotatable bonds is 6. The molecule has 0 heterocycles. The maximum atomic E-state index is 11.5. The molecule has 0 aromatic carbocycles. The van der Waals surface area contributed by atoms with Crippen LogP contribution in [0.5, 0.6) is 0 Å². The first-order chi connectivity index (χ1) is 7.77. The molecule has 2 atom stereocenters. The van der Waals surface area contributed by atoms with Gasteiger partial charge in [0.15, 0.2) is 0 Å². The minimum atomic E-state index is 0.0100. The second kappa shape index (κ2) is 7.24. The Hall–Kier alpha value is -1.08. The molecule has 0 spiro atoms. The van der Waals surface area contributed by atoms with E-state index in [9.17, 15) is 4.79 Å². The van der Waals surface area contributed by atoms with E-state index in [2.05, 4.69) is 11.4 Å². The highest BCUT2D eigenvalue weighted by Crippen LogP contribution is 2.24. The molecule has 0 bridgehead atoms. The van der Waals surface area contributed by atoms with Crippen molar-refractivity contribution in [1.29, 1.82) is 5.26 Å². The Balaban J connectivity index is 2.16. The molecule has 0 radical (unpaired) electrons. The summed E-state index contributed by atoms with van der Waals surface area (Å²) in [6.07, 6.45) is 4.15. The summed E-state index contributed by atoms with van der Waals surface area (Å²) in [5.41, 5.74) is 0. The molecule has 2 unspecified atom stereocenters. The smallest absolute Gasteiger partial charge is 0.220 e. The average Bonchev–Trinajstić information content (AvgIpc) is 2.71. The number of amides is 1. The first kappa shape index (κ1) is 13.0. The fraction of sp³-hybridized carbons (Fsp3) is 0.833. The van der Waals surface area contributed by atoms with Crippen molar-refractivity contribution in [3.05, 3.63) is 0 Å². The van der Waals surface area contributed by atoms with Gasteiger partial charge in [-0.2, -0.15) is 5.26 Å². The van der Waals surface area contributed by atoms with E-state index in [0.717, 1.165) is 25.7 Å². The minimum Gasteiger partial charge on any atom is -0.382 e. The summed E-state index contributed by atoms with van der Waals surface area (Å²) < 4.78 is 5.16. The molecule has 0 aromatic rings. The second-order valence-electron chi connectivity index (χ2n) is 4.14. The SMILES string of the molecule is CCOCCCC(=O)NC1CCCC1C#N. The quantitative estimate of drug-likeness (QED) is 0.697. The standard InChI is InChI=1S/C12H20N2O2/c1-2-16-8-4-7-12(15)14-11-6-3-5-10(11)9-13/h10-11H,2-8H2,1H3,(H,14,15).